The zero-order valence-corrected chi connectivity index (χ0v) is 17.9. The molecule has 0 aliphatic heterocycles. The smallest absolute Gasteiger partial charge is 0.0722 e. The molecule has 3 aromatic carbocycles. The van der Waals surface area contributed by atoms with Gasteiger partial charge in [0.15, 0.2) is 0 Å². The normalized spacial score (nSPS) is 10.8. The molecule has 0 radical (unpaired) electrons. The lowest BCUT2D eigenvalue weighted by Gasteiger charge is -2.22. The highest BCUT2D eigenvalue weighted by Crippen LogP contribution is 2.29. The molecule has 0 spiro atoms. The molecule has 3 aromatic rings. The summed E-state index contributed by atoms with van der Waals surface area (Å²) in [5.41, 5.74) is 11.6. The number of hydrogen-bond acceptors (Lipinski definition) is 4. The van der Waals surface area contributed by atoms with Gasteiger partial charge in [-0.15, -0.1) is 0 Å². The van der Waals surface area contributed by atoms with Crippen molar-refractivity contribution in [3.05, 3.63) is 90.0 Å². The molecule has 4 heteroatoms. The lowest BCUT2D eigenvalue weighted by atomic mass is 10.0. The minimum Gasteiger partial charge on any atom is -0.378 e. The Balaban J connectivity index is 0.00000145. The predicted molar refractivity (Wildman–Crippen MR) is 125 cm³/mol. The van der Waals surface area contributed by atoms with Crippen LogP contribution in [-0.2, 0) is 0 Å². The summed E-state index contributed by atoms with van der Waals surface area (Å²) in [5, 5.41) is 12.0. The van der Waals surface area contributed by atoms with E-state index >= 15 is 0 Å². The number of nitrogens with two attached hydrogens (primary N) is 1. The van der Waals surface area contributed by atoms with Crippen LogP contribution >= 0.6 is 0 Å². The highest BCUT2D eigenvalue weighted by atomic mass is 16.5. The third-order valence-electron chi connectivity index (χ3n) is 4.74. The van der Waals surface area contributed by atoms with Gasteiger partial charge in [0.1, 0.15) is 0 Å². The Labute approximate surface area is 174 Å². The largest absolute Gasteiger partial charge is 0.378 e. The molecule has 0 atom stereocenters. The summed E-state index contributed by atoms with van der Waals surface area (Å²) in [7, 11) is 5.58. The van der Waals surface area contributed by atoms with E-state index in [9.17, 15) is 5.21 Å². The minimum absolute atomic E-state index is 0.763. The van der Waals surface area contributed by atoms with Crippen molar-refractivity contribution in [2.24, 2.45) is 5.73 Å². The average Bonchev–Trinajstić information content (AvgIpc) is 2.76. The maximum Gasteiger partial charge on any atom is 0.0722 e. The molecular formula is C25H31N3O. The molecule has 0 fully saturated rings. The number of hydroxylamine groups is 1. The topological polar surface area (TPSA) is 52.7 Å². The number of anilines is 2. The highest BCUT2D eigenvalue weighted by molar-refractivity contribution is 5.79. The molecule has 29 heavy (non-hydrogen) atoms. The van der Waals surface area contributed by atoms with Gasteiger partial charge in [0, 0.05) is 25.3 Å². The van der Waals surface area contributed by atoms with Crippen LogP contribution < -0.4 is 15.7 Å². The van der Waals surface area contributed by atoms with Crippen molar-refractivity contribution in [2.75, 3.05) is 31.1 Å². The van der Waals surface area contributed by atoms with E-state index in [-0.39, 0.29) is 0 Å². The van der Waals surface area contributed by atoms with Gasteiger partial charge >= 0.3 is 0 Å². The Morgan fingerprint density at radius 3 is 1.83 bits per heavy atom. The number of allylic oxidation sites excluding steroid dienone is 1. The molecule has 0 bridgehead atoms. The van der Waals surface area contributed by atoms with Crippen molar-refractivity contribution in [1.82, 2.24) is 0 Å². The molecule has 0 aliphatic carbocycles. The Morgan fingerprint density at radius 1 is 0.828 bits per heavy atom. The standard InChI is InChI=1S/C24H26N2O.CH5N/c1-5-23(26(27)24-9-7-6-8-18(24)2)21-12-10-19(11-13-21)20-14-16-22(17-15-20)25(3)4;1-2/h5-17,27H,1-4H3;2H2,1H3/b23-5-;. The van der Waals surface area contributed by atoms with Crippen molar-refractivity contribution in [2.45, 2.75) is 13.8 Å². The first-order valence-corrected chi connectivity index (χ1v) is 9.68. The lowest BCUT2D eigenvalue weighted by Crippen LogP contribution is -2.17. The summed E-state index contributed by atoms with van der Waals surface area (Å²) < 4.78 is 0. The molecule has 152 valence electrons. The molecular weight excluding hydrogens is 358 g/mol. The van der Waals surface area contributed by atoms with E-state index in [4.69, 9.17) is 0 Å². The van der Waals surface area contributed by atoms with Crippen LogP contribution in [0.5, 0.6) is 0 Å². The van der Waals surface area contributed by atoms with Crippen LogP contribution in [-0.4, -0.2) is 26.4 Å². The molecule has 0 unspecified atom stereocenters. The number of para-hydroxylation sites is 1. The van der Waals surface area contributed by atoms with Gasteiger partial charge < -0.3 is 10.6 Å². The third kappa shape index (κ3) is 5.25. The fourth-order valence-corrected chi connectivity index (χ4v) is 3.13. The van der Waals surface area contributed by atoms with Gasteiger partial charge in [-0.25, -0.2) is 5.06 Å². The fourth-order valence-electron chi connectivity index (χ4n) is 3.13. The maximum absolute atomic E-state index is 10.7. The van der Waals surface area contributed by atoms with E-state index in [2.05, 4.69) is 47.0 Å². The van der Waals surface area contributed by atoms with Gasteiger partial charge in [-0.1, -0.05) is 60.7 Å². The number of nitrogens with zero attached hydrogens (tertiary/aromatic N) is 2. The van der Waals surface area contributed by atoms with E-state index < -0.39 is 0 Å². The summed E-state index contributed by atoms with van der Waals surface area (Å²) in [6.45, 7) is 3.93. The van der Waals surface area contributed by atoms with Gasteiger partial charge in [0.2, 0.25) is 0 Å². The monoisotopic (exact) mass is 389 g/mol. The van der Waals surface area contributed by atoms with E-state index in [0.717, 1.165) is 28.1 Å². The molecule has 3 rings (SSSR count). The van der Waals surface area contributed by atoms with E-state index in [1.54, 1.807) is 0 Å². The van der Waals surface area contributed by atoms with Crippen LogP contribution in [0.15, 0.2) is 78.9 Å². The zero-order valence-electron chi connectivity index (χ0n) is 17.9. The van der Waals surface area contributed by atoms with Gasteiger partial charge in [0.05, 0.1) is 11.4 Å². The minimum atomic E-state index is 0.763. The van der Waals surface area contributed by atoms with Gasteiger partial charge in [0.25, 0.3) is 0 Å². The predicted octanol–water partition coefficient (Wildman–Crippen LogP) is 5.56. The molecule has 0 amide bonds. The van der Waals surface area contributed by atoms with E-state index in [1.807, 2.05) is 70.4 Å². The molecule has 0 saturated carbocycles. The highest BCUT2D eigenvalue weighted by Gasteiger charge is 2.13. The first-order valence-electron chi connectivity index (χ1n) is 9.68. The second-order valence-corrected chi connectivity index (χ2v) is 6.79. The third-order valence-corrected chi connectivity index (χ3v) is 4.74. The summed E-state index contributed by atoms with van der Waals surface area (Å²) in [5.74, 6) is 0. The van der Waals surface area contributed by atoms with Crippen LogP contribution in [0.4, 0.5) is 11.4 Å². The Bertz CT molecular complexity index is 929. The number of benzene rings is 3. The van der Waals surface area contributed by atoms with Crippen LogP contribution in [0.3, 0.4) is 0 Å². The first kappa shape index (κ1) is 22.2. The van der Waals surface area contributed by atoms with Gasteiger partial charge in [-0.2, -0.15) is 0 Å². The van der Waals surface area contributed by atoms with Crippen LogP contribution in [0.1, 0.15) is 18.1 Å². The Kier molecular flexibility index (Phi) is 8.01. The molecule has 0 aliphatic rings. The second kappa shape index (κ2) is 10.5. The molecule has 0 aromatic heterocycles. The average molecular weight is 390 g/mol. The summed E-state index contributed by atoms with van der Waals surface area (Å²) in [6, 6.07) is 24.6. The van der Waals surface area contributed by atoms with E-state index in [0.29, 0.717) is 0 Å². The van der Waals surface area contributed by atoms with Crippen molar-refractivity contribution in [1.29, 1.82) is 0 Å². The molecule has 4 nitrogen and oxygen atoms in total. The lowest BCUT2D eigenvalue weighted by molar-refractivity contribution is 0.303. The van der Waals surface area contributed by atoms with Crippen molar-refractivity contribution >= 4 is 17.1 Å². The van der Waals surface area contributed by atoms with Crippen LogP contribution in [0, 0.1) is 6.92 Å². The summed E-state index contributed by atoms with van der Waals surface area (Å²) in [6.07, 6.45) is 1.92. The molecule has 3 N–H and O–H groups in total. The number of aryl methyl sites for hydroxylation is 1. The maximum atomic E-state index is 10.7. The van der Waals surface area contributed by atoms with Crippen molar-refractivity contribution in [3.8, 4) is 11.1 Å². The van der Waals surface area contributed by atoms with Crippen LogP contribution in [0.25, 0.3) is 16.8 Å². The fraction of sp³-hybridized carbons (Fsp3) is 0.200. The van der Waals surface area contributed by atoms with Crippen molar-refractivity contribution in [3.63, 3.8) is 0 Å². The number of rotatable bonds is 5. The quantitative estimate of drug-likeness (QED) is 0.561. The second-order valence-electron chi connectivity index (χ2n) is 6.79. The SMILES string of the molecule is C/C=C(/c1ccc(-c2ccc(N(C)C)cc2)cc1)N(O)c1ccccc1C.CN. The Morgan fingerprint density at radius 2 is 1.34 bits per heavy atom. The summed E-state index contributed by atoms with van der Waals surface area (Å²) in [4.78, 5) is 2.09. The Hall–Kier alpha value is -3.08. The number of hydrogen-bond donors (Lipinski definition) is 2. The molecule has 0 heterocycles. The van der Waals surface area contributed by atoms with Gasteiger partial charge in [-0.3, -0.25) is 5.21 Å². The zero-order chi connectivity index (χ0) is 21.4. The first-order chi connectivity index (χ1) is 14.0. The van der Waals surface area contributed by atoms with Crippen molar-refractivity contribution < 1.29 is 5.21 Å². The van der Waals surface area contributed by atoms with E-state index in [1.165, 1.54) is 23.4 Å². The van der Waals surface area contributed by atoms with Crippen LogP contribution in [0.2, 0.25) is 0 Å². The summed E-state index contributed by atoms with van der Waals surface area (Å²) >= 11 is 0. The molecule has 0 saturated heterocycles. The van der Waals surface area contributed by atoms with Gasteiger partial charge in [-0.05, 0) is 55.8 Å².